The van der Waals surface area contributed by atoms with E-state index in [1.165, 1.54) is 38.5 Å². The van der Waals surface area contributed by atoms with Crippen LogP contribution in [-0.2, 0) is 21.0 Å². The maximum atomic E-state index is 13.6. The van der Waals surface area contributed by atoms with E-state index in [4.69, 9.17) is 9.47 Å². The minimum Gasteiger partial charge on any atom is -0.493 e. The van der Waals surface area contributed by atoms with Gasteiger partial charge in [0.2, 0.25) is 5.91 Å². The molecule has 3 aromatic carbocycles. The summed E-state index contributed by atoms with van der Waals surface area (Å²) in [5, 5.41) is 2.57. The number of aryl methyl sites for hydroxylation is 1. The minimum absolute atomic E-state index is 0.0988. The van der Waals surface area contributed by atoms with Crippen LogP contribution in [0.25, 0.3) is 0 Å². The van der Waals surface area contributed by atoms with Crippen molar-refractivity contribution in [3.63, 3.8) is 0 Å². The topological polar surface area (TPSA) is 84.9 Å². The van der Waals surface area contributed by atoms with Crippen molar-refractivity contribution >= 4 is 27.3 Å². The third-order valence-corrected chi connectivity index (χ3v) is 6.80. The largest absolute Gasteiger partial charge is 0.493 e. The first-order valence-corrected chi connectivity index (χ1v) is 11.7. The molecule has 0 fully saturated rings. The van der Waals surface area contributed by atoms with Crippen molar-refractivity contribution in [2.24, 2.45) is 0 Å². The molecule has 3 rings (SSSR count). The lowest BCUT2D eigenvalue weighted by Gasteiger charge is -2.25. The van der Waals surface area contributed by atoms with E-state index in [1.54, 1.807) is 24.3 Å². The van der Waals surface area contributed by atoms with Gasteiger partial charge in [0.25, 0.3) is 10.0 Å². The number of carbonyl (C=O) groups is 1. The van der Waals surface area contributed by atoms with Gasteiger partial charge < -0.3 is 14.8 Å². The highest BCUT2D eigenvalue weighted by atomic mass is 32.2. The molecule has 3 aromatic rings. The number of carbonyl (C=O) groups excluding carboxylic acids is 1. The standard InChI is InChI=1S/C24H23F3N2O5S/c1-16-7-9-18(10-8-16)28-23(30)15-29(19-6-4-5-17(13-19)24(25,26)27)35(31,32)20-11-12-21(33-2)22(14-20)34-3/h4-14H,15H2,1-3H3,(H,28,30). The van der Waals surface area contributed by atoms with Gasteiger partial charge in [-0.15, -0.1) is 0 Å². The van der Waals surface area contributed by atoms with Gasteiger partial charge in [-0.3, -0.25) is 9.10 Å². The molecule has 0 spiro atoms. The van der Waals surface area contributed by atoms with E-state index in [9.17, 15) is 26.4 Å². The molecule has 0 saturated carbocycles. The summed E-state index contributed by atoms with van der Waals surface area (Å²) in [6.07, 6.45) is -4.71. The molecule has 0 aromatic heterocycles. The van der Waals surface area contributed by atoms with Crippen LogP contribution in [0.5, 0.6) is 11.5 Å². The molecule has 0 radical (unpaired) electrons. The molecule has 11 heteroatoms. The number of methoxy groups -OCH3 is 2. The normalized spacial score (nSPS) is 11.6. The third kappa shape index (κ3) is 6.04. The van der Waals surface area contributed by atoms with Gasteiger partial charge in [-0.25, -0.2) is 8.42 Å². The number of amides is 1. The van der Waals surface area contributed by atoms with Crippen molar-refractivity contribution in [2.45, 2.75) is 18.0 Å². The summed E-state index contributed by atoms with van der Waals surface area (Å²) in [6, 6.07) is 14.3. The SMILES string of the molecule is COc1ccc(S(=O)(=O)N(CC(=O)Nc2ccc(C)cc2)c2cccc(C(F)(F)F)c2)cc1OC. The number of alkyl halides is 3. The van der Waals surface area contributed by atoms with Crippen LogP contribution in [0.15, 0.2) is 71.6 Å². The Morgan fingerprint density at radius 3 is 2.20 bits per heavy atom. The highest BCUT2D eigenvalue weighted by molar-refractivity contribution is 7.92. The number of halogens is 3. The van der Waals surface area contributed by atoms with Crippen molar-refractivity contribution in [1.29, 1.82) is 0 Å². The van der Waals surface area contributed by atoms with Gasteiger partial charge in [-0.2, -0.15) is 13.2 Å². The van der Waals surface area contributed by atoms with E-state index in [-0.39, 0.29) is 22.1 Å². The molecule has 0 saturated heterocycles. The summed E-state index contributed by atoms with van der Waals surface area (Å²) in [5.74, 6) is -0.383. The lowest BCUT2D eigenvalue weighted by atomic mass is 10.2. The molecule has 7 nitrogen and oxygen atoms in total. The van der Waals surface area contributed by atoms with Gasteiger partial charge in [0.15, 0.2) is 11.5 Å². The number of hydrogen-bond acceptors (Lipinski definition) is 5. The fourth-order valence-electron chi connectivity index (χ4n) is 3.22. The van der Waals surface area contributed by atoms with Crippen molar-refractivity contribution in [3.8, 4) is 11.5 Å². The van der Waals surface area contributed by atoms with Gasteiger partial charge in [-0.1, -0.05) is 23.8 Å². The van der Waals surface area contributed by atoms with Crippen LogP contribution < -0.4 is 19.1 Å². The number of hydrogen-bond donors (Lipinski definition) is 1. The maximum absolute atomic E-state index is 13.6. The van der Waals surface area contributed by atoms with Gasteiger partial charge >= 0.3 is 6.18 Å². The molecule has 0 heterocycles. The molecule has 35 heavy (non-hydrogen) atoms. The first kappa shape index (κ1) is 25.9. The Balaban J connectivity index is 2.05. The highest BCUT2D eigenvalue weighted by Gasteiger charge is 2.33. The quantitative estimate of drug-likeness (QED) is 0.470. The molecular formula is C24H23F3N2O5S. The van der Waals surface area contributed by atoms with E-state index in [0.717, 1.165) is 17.7 Å². The Labute approximate surface area is 201 Å². The van der Waals surface area contributed by atoms with Crippen molar-refractivity contribution < 1.29 is 35.9 Å². The van der Waals surface area contributed by atoms with Crippen LogP contribution in [-0.4, -0.2) is 35.1 Å². The second kappa shape index (κ2) is 10.3. The molecular weight excluding hydrogens is 485 g/mol. The fraction of sp³-hybridized carbons (Fsp3) is 0.208. The molecule has 0 unspecified atom stereocenters. The summed E-state index contributed by atoms with van der Waals surface area (Å²) >= 11 is 0. The Kier molecular flexibility index (Phi) is 7.59. The van der Waals surface area contributed by atoms with E-state index in [2.05, 4.69) is 5.32 Å². The van der Waals surface area contributed by atoms with Crippen LogP contribution in [0.3, 0.4) is 0 Å². The zero-order valence-electron chi connectivity index (χ0n) is 19.1. The number of nitrogens with zero attached hydrogens (tertiary/aromatic N) is 1. The highest BCUT2D eigenvalue weighted by Crippen LogP contribution is 2.35. The summed E-state index contributed by atoms with van der Waals surface area (Å²) in [5.41, 5.74) is -0.0205. The summed E-state index contributed by atoms with van der Waals surface area (Å²) in [4.78, 5) is 12.5. The van der Waals surface area contributed by atoms with E-state index >= 15 is 0 Å². The van der Waals surface area contributed by atoms with Gasteiger partial charge in [0.05, 0.1) is 30.4 Å². The first-order chi connectivity index (χ1) is 16.5. The molecule has 0 aliphatic carbocycles. The lowest BCUT2D eigenvalue weighted by Crippen LogP contribution is -2.38. The van der Waals surface area contributed by atoms with Crippen molar-refractivity contribution in [1.82, 2.24) is 0 Å². The number of rotatable bonds is 8. The molecule has 0 atom stereocenters. The number of benzene rings is 3. The van der Waals surface area contributed by atoms with Gasteiger partial charge in [-0.05, 0) is 49.4 Å². The monoisotopic (exact) mass is 508 g/mol. The zero-order chi connectivity index (χ0) is 25.8. The minimum atomic E-state index is -4.71. The van der Waals surface area contributed by atoms with Crippen LogP contribution >= 0.6 is 0 Å². The average Bonchev–Trinajstić information content (AvgIpc) is 2.83. The Hall–Kier alpha value is -3.73. The maximum Gasteiger partial charge on any atom is 0.416 e. The lowest BCUT2D eigenvalue weighted by molar-refractivity contribution is -0.137. The van der Waals surface area contributed by atoms with E-state index < -0.39 is 34.2 Å². The second-order valence-corrected chi connectivity index (χ2v) is 9.35. The van der Waals surface area contributed by atoms with Crippen LogP contribution in [0.1, 0.15) is 11.1 Å². The summed E-state index contributed by atoms with van der Waals surface area (Å²) in [7, 11) is -1.81. The Morgan fingerprint density at radius 1 is 0.943 bits per heavy atom. The van der Waals surface area contributed by atoms with Crippen molar-refractivity contribution in [2.75, 3.05) is 30.4 Å². The molecule has 1 N–H and O–H groups in total. The number of anilines is 2. The molecule has 0 aliphatic rings. The zero-order valence-corrected chi connectivity index (χ0v) is 19.9. The average molecular weight is 509 g/mol. The molecule has 186 valence electrons. The van der Waals surface area contributed by atoms with Gasteiger partial charge in [0, 0.05) is 11.8 Å². The van der Waals surface area contributed by atoms with Gasteiger partial charge in [0.1, 0.15) is 6.54 Å². The predicted octanol–water partition coefficient (Wildman–Crippen LogP) is 4.87. The van der Waals surface area contributed by atoms with Crippen LogP contribution in [0.2, 0.25) is 0 Å². The summed E-state index contributed by atoms with van der Waals surface area (Å²) in [6.45, 7) is 1.09. The number of sulfonamides is 1. The van der Waals surface area contributed by atoms with E-state index in [0.29, 0.717) is 16.1 Å². The smallest absolute Gasteiger partial charge is 0.416 e. The molecule has 0 aliphatic heterocycles. The second-order valence-electron chi connectivity index (χ2n) is 7.49. The first-order valence-electron chi connectivity index (χ1n) is 10.2. The van der Waals surface area contributed by atoms with Crippen molar-refractivity contribution in [3.05, 3.63) is 77.9 Å². The third-order valence-electron chi connectivity index (χ3n) is 5.03. The fourth-order valence-corrected chi connectivity index (χ4v) is 4.65. The molecule has 1 amide bonds. The molecule has 0 bridgehead atoms. The van der Waals surface area contributed by atoms with E-state index in [1.807, 2.05) is 6.92 Å². The summed E-state index contributed by atoms with van der Waals surface area (Å²) < 4.78 is 78.0. The van der Waals surface area contributed by atoms with Crippen LogP contribution in [0.4, 0.5) is 24.5 Å². The Morgan fingerprint density at radius 2 is 1.60 bits per heavy atom. The number of ether oxygens (including phenoxy) is 2. The Bertz CT molecular complexity index is 1310. The van der Waals surface area contributed by atoms with Crippen LogP contribution in [0, 0.1) is 6.92 Å². The number of nitrogens with one attached hydrogen (secondary N) is 1. The predicted molar refractivity (Wildman–Crippen MR) is 125 cm³/mol.